The Morgan fingerprint density at radius 1 is 0.464 bits per heavy atom. The highest BCUT2D eigenvalue weighted by molar-refractivity contribution is 5.71. The van der Waals surface area contributed by atoms with Crippen LogP contribution in [0.2, 0.25) is 0 Å². The van der Waals surface area contributed by atoms with Crippen molar-refractivity contribution in [2.45, 2.75) is 51.4 Å². The van der Waals surface area contributed by atoms with E-state index in [1.165, 1.54) is 0 Å². The van der Waals surface area contributed by atoms with E-state index >= 15 is 0 Å². The van der Waals surface area contributed by atoms with Crippen LogP contribution in [-0.2, 0) is 38.1 Å². The van der Waals surface area contributed by atoms with Crippen LogP contribution < -0.4 is 0 Å². The SMILES string of the molecule is O=C(CCCCC(=O)OCCOC(=O)CCCCC(=O)OCCO)OCCO. The van der Waals surface area contributed by atoms with Gasteiger partial charge in [0.25, 0.3) is 0 Å². The number of unbranched alkanes of at least 4 members (excludes halogenated alkanes) is 2. The summed E-state index contributed by atoms with van der Waals surface area (Å²) in [6.45, 7) is -0.591. The first-order chi connectivity index (χ1) is 13.5. The molecule has 0 saturated carbocycles. The van der Waals surface area contributed by atoms with Crippen LogP contribution in [0.5, 0.6) is 0 Å². The average Bonchev–Trinajstić information content (AvgIpc) is 2.68. The molecule has 0 aromatic heterocycles. The summed E-state index contributed by atoms with van der Waals surface area (Å²) in [4.78, 5) is 45.3. The first-order valence-electron chi connectivity index (χ1n) is 9.33. The van der Waals surface area contributed by atoms with Gasteiger partial charge in [0.05, 0.1) is 13.2 Å². The summed E-state index contributed by atoms with van der Waals surface area (Å²) in [5.41, 5.74) is 0. The van der Waals surface area contributed by atoms with Gasteiger partial charge in [-0.3, -0.25) is 19.2 Å². The number of aliphatic hydroxyl groups is 2. The average molecular weight is 406 g/mol. The van der Waals surface area contributed by atoms with Crippen LogP contribution in [-0.4, -0.2) is 73.7 Å². The van der Waals surface area contributed by atoms with Crippen LogP contribution in [0.25, 0.3) is 0 Å². The maximum absolute atomic E-state index is 11.5. The predicted molar refractivity (Wildman–Crippen MR) is 94.9 cm³/mol. The molecule has 162 valence electrons. The summed E-state index contributed by atoms with van der Waals surface area (Å²) in [6, 6.07) is 0. The molecule has 0 aliphatic rings. The number of ether oxygens (including phenoxy) is 4. The van der Waals surface area contributed by atoms with E-state index in [2.05, 4.69) is 9.47 Å². The molecular formula is C18H30O10. The van der Waals surface area contributed by atoms with Crippen LogP contribution in [0.1, 0.15) is 51.4 Å². The van der Waals surface area contributed by atoms with Crippen LogP contribution in [0, 0.1) is 0 Å². The molecule has 0 spiro atoms. The topological polar surface area (TPSA) is 146 Å². The Balaban J connectivity index is 3.50. The zero-order chi connectivity index (χ0) is 21.0. The van der Waals surface area contributed by atoms with Crippen molar-refractivity contribution in [1.29, 1.82) is 0 Å². The van der Waals surface area contributed by atoms with Gasteiger partial charge in [0.1, 0.15) is 26.4 Å². The molecular weight excluding hydrogens is 376 g/mol. The fraction of sp³-hybridized carbons (Fsp3) is 0.778. The van der Waals surface area contributed by atoms with Gasteiger partial charge in [0, 0.05) is 25.7 Å². The number of carbonyl (C=O) groups excluding carboxylic acids is 4. The molecule has 0 aliphatic carbocycles. The largest absolute Gasteiger partial charge is 0.463 e. The molecule has 10 nitrogen and oxygen atoms in total. The Morgan fingerprint density at radius 3 is 0.964 bits per heavy atom. The van der Waals surface area contributed by atoms with Crippen LogP contribution in [0.15, 0.2) is 0 Å². The lowest BCUT2D eigenvalue weighted by atomic mass is 10.2. The normalized spacial score (nSPS) is 10.2. The van der Waals surface area contributed by atoms with Gasteiger partial charge in [-0.05, 0) is 25.7 Å². The van der Waals surface area contributed by atoms with E-state index in [9.17, 15) is 19.2 Å². The molecule has 0 atom stereocenters. The molecule has 2 N–H and O–H groups in total. The molecule has 10 heteroatoms. The predicted octanol–water partition coefficient (Wildman–Crippen LogP) is 0.265. The maximum atomic E-state index is 11.5. The lowest BCUT2D eigenvalue weighted by Crippen LogP contribution is -2.14. The van der Waals surface area contributed by atoms with Crippen molar-refractivity contribution in [2.24, 2.45) is 0 Å². The third-order valence-electron chi connectivity index (χ3n) is 3.34. The van der Waals surface area contributed by atoms with Crippen LogP contribution in [0.4, 0.5) is 0 Å². The Kier molecular flexibility index (Phi) is 16.7. The Labute approximate surface area is 164 Å². The summed E-state index contributed by atoms with van der Waals surface area (Å²) >= 11 is 0. The lowest BCUT2D eigenvalue weighted by molar-refractivity contribution is -0.152. The standard InChI is InChI=1S/C18H30O10/c19-9-11-25-15(21)5-1-3-7-17(23)27-13-14-28-18(24)8-4-2-6-16(22)26-12-10-20/h19-20H,1-14H2. The molecule has 0 amide bonds. The van der Waals surface area contributed by atoms with Gasteiger partial charge in [-0.15, -0.1) is 0 Å². The van der Waals surface area contributed by atoms with Crippen molar-refractivity contribution in [1.82, 2.24) is 0 Å². The fourth-order valence-corrected chi connectivity index (χ4v) is 2.00. The van der Waals surface area contributed by atoms with Crippen molar-refractivity contribution in [2.75, 3.05) is 39.6 Å². The molecule has 0 aromatic rings. The van der Waals surface area contributed by atoms with Crippen molar-refractivity contribution in [3.05, 3.63) is 0 Å². The summed E-state index contributed by atoms with van der Waals surface area (Å²) in [5, 5.41) is 17.0. The minimum Gasteiger partial charge on any atom is -0.463 e. The highest BCUT2D eigenvalue weighted by atomic mass is 16.6. The van der Waals surface area contributed by atoms with E-state index < -0.39 is 23.9 Å². The van der Waals surface area contributed by atoms with E-state index in [-0.39, 0.29) is 65.3 Å². The molecule has 0 unspecified atom stereocenters. The Hall–Kier alpha value is -2.20. The molecule has 28 heavy (non-hydrogen) atoms. The number of hydrogen-bond donors (Lipinski definition) is 2. The number of aliphatic hydroxyl groups excluding tert-OH is 2. The van der Waals surface area contributed by atoms with Crippen LogP contribution >= 0.6 is 0 Å². The van der Waals surface area contributed by atoms with Crippen molar-refractivity contribution < 1.29 is 48.3 Å². The monoisotopic (exact) mass is 406 g/mol. The van der Waals surface area contributed by atoms with Gasteiger partial charge in [-0.2, -0.15) is 0 Å². The lowest BCUT2D eigenvalue weighted by Gasteiger charge is -2.07. The van der Waals surface area contributed by atoms with Gasteiger partial charge in [-0.25, -0.2) is 0 Å². The summed E-state index contributed by atoms with van der Waals surface area (Å²) in [6.07, 6.45) is 2.51. The van der Waals surface area contributed by atoms with E-state index in [0.717, 1.165) is 0 Å². The minimum absolute atomic E-state index is 0.0310. The molecule has 0 heterocycles. The summed E-state index contributed by atoms with van der Waals surface area (Å²) in [7, 11) is 0. The highest BCUT2D eigenvalue weighted by Crippen LogP contribution is 2.04. The third-order valence-corrected chi connectivity index (χ3v) is 3.34. The zero-order valence-corrected chi connectivity index (χ0v) is 16.1. The van der Waals surface area contributed by atoms with Gasteiger partial charge < -0.3 is 29.2 Å². The van der Waals surface area contributed by atoms with Gasteiger partial charge in [0.15, 0.2) is 0 Å². The zero-order valence-electron chi connectivity index (χ0n) is 16.1. The second-order valence-corrected chi connectivity index (χ2v) is 5.74. The number of rotatable bonds is 17. The summed E-state index contributed by atoms with van der Waals surface area (Å²) < 4.78 is 19.2. The fourth-order valence-electron chi connectivity index (χ4n) is 2.00. The quantitative estimate of drug-likeness (QED) is 0.196. The third kappa shape index (κ3) is 17.2. The van der Waals surface area contributed by atoms with Crippen molar-refractivity contribution in [3.63, 3.8) is 0 Å². The molecule has 0 fully saturated rings. The number of esters is 4. The minimum atomic E-state index is -0.443. The highest BCUT2D eigenvalue weighted by Gasteiger charge is 2.08. The number of hydrogen-bond acceptors (Lipinski definition) is 10. The molecule has 0 radical (unpaired) electrons. The first-order valence-corrected chi connectivity index (χ1v) is 9.33. The van der Waals surface area contributed by atoms with Crippen LogP contribution in [0.3, 0.4) is 0 Å². The number of carbonyl (C=O) groups is 4. The second kappa shape index (κ2) is 18.2. The smallest absolute Gasteiger partial charge is 0.305 e. The maximum Gasteiger partial charge on any atom is 0.305 e. The van der Waals surface area contributed by atoms with Crippen molar-refractivity contribution in [3.8, 4) is 0 Å². The first kappa shape index (κ1) is 25.8. The van der Waals surface area contributed by atoms with E-state index in [1.807, 2.05) is 0 Å². The second-order valence-electron chi connectivity index (χ2n) is 5.74. The van der Waals surface area contributed by atoms with Crippen molar-refractivity contribution >= 4 is 23.9 Å². The Bertz CT molecular complexity index is 421. The molecule has 0 aliphatic heterocycles. The van der Waals surface area contributed by atoms with E-state index in [0.29, 0.717) is 25.7 Å². The van der Waals surface area contributed by atoms with Gasteiger partial charge in [-0.1, -0.05) is 0 Å². The molecule has 0 aromatic carbocycles. The van der Waals surface area contributed by atoms with E-state index in [1.54, 1.807) is 0 Å². The molecule has 0 rings (SSSR count). The molecule has 0 bridgehead atoms. The van der Waals surface area contributed by atoms with E-state index in [4.69, 9.17) is 19.7 Å². The summed E-state index contributed by atoms with van der Waals surface area (Å²) in [5.74, 6) is -1.73. The van der Waals surface area contributed by atoms with Gasteiger partial charge >= 0.3 is 23.9 Å². The van der Waals surface area contributed by atoms with Gasteiger partial charge in [0.2, 0.25) is 0 Å². The molecule has 0 saturated heterocycles. The Morgan fingerprint density at radius 2 is 0.714 bits per heavy atom.